The van der Waals surface area contributed by atoms with Crippen LogP contribution in [0.3, 0.4) is 0 Å². The standard InChI is InChI=1S/C38H31F3N2O6/c39-38(40,41)31-16-14-30(15-17-31)37(47)43(24-28-10-18-32(19-11-28)48-25-35(44)45)23-27-6-12-29(13-7-27)36(46)42-22-26-8-20-34(21-9-26)49-33-4-2-1-3-5-33/h1-21H,22-25H2,(H,42,46)(H,44,45). The normalized spacial score (nSPS) is 11.0. The minimum absolute atomic E-state index is 0.0741. The van der Waals surface area contributed by atoms with Gasteiger partial charge < -0.3 is 24.8 Å². The van der Waals surface area contributed by atoms with Crippen molar-refractivity contribution in [2.75, 3.05) is 6.61 Å². The maximum Gasteiger partial charge on any atom is 0.416 e. The summed E-state index contributed by atoms with van der Waals surface area (Å²) >= 11 is 0. The SMILES string of the molecule is O=C(O)COc1ccc(CN(Cc2ccc(C(=O)NCc3ccc(Oc4ccccc4)cc3)cc2)C(=O)c2ccc(C(F)(F)F)cc2)cc1. The van der Waals surface area contributed by atoms with Gasteiger partial charge in [-0.15, -0.1) is 0 Å². The number of hydrogen-bond donors (Lipinski definition) is 2. The molecule has 8 nitrogen and oxygen atoms in total. The van der Waals surface area contributed by atoms with E-state index in [4.69, 9.17) is 14.6 Å². The van der Waals surface area contributed by atoms with Crippen molar-refractivity contribution in [2.24, 2.45) is 0 Å². The Kier molecular flexibility index (Phi) is 10.9. The molecular formula is C38H31F3N2O6. The zero-order valence-electron chi connectivity index (χ0n) is 26.0. The molecule has 0 unspecified atom stereocenters. The molecule has 0 spiro atoms. The summed E-state index contributed by atoms with van der Waals surface area (Å²) in [6.07, 6.45) is -4.54. The number of carboxylic acids is 1. The average Bonchev–Trinajstić information content (AvgIpc) is 3.10. The van der Waals surface area contributed by atoms with E-state index in [2.05, 4.69) is 5.32 Å². The van der Waals surface area contributed by atoms with Crippen molar-refractivity contribution in [1.29, 1.82) is 0 Å². The van der Waals surface area contributed by atoms with E-state index in [1.165, 1.54) is 4.90 Å². The van der Waals surface area contributed by atoms with Gasteiger partial charge in [0, 0.05) is 30.8 Å². The topological polar surface area (TPSA) is 105 Å². The molecule has 0 heterocycles. The van der Waals surface area contributed by atoms with Crippen molar-refractivity contribution in [3.63, 3.8) is 0 Å². The van der Waals surface area contributed by atoms with Crippen LogP contribution in [0.1, 0.15) is 43.0 Å². The Hall–Kier alpha value is -6.10. The number of halogens is 3. The number of nitrogens with one attached hydrogen (secondary N) is 1. The van der Waals surface area contributed by atoms with Gasteiger partial charge in [0.2, 0.25) is 0 Å². The van der Waals surface area contributed by atoms with Gasteiger partial charge in [-0.25, -0.2) is 4.79 Å². The Morgan fingerprint density at radius 3 is 1.71 bits per heavy atom. The molecule has 0 aromatic heterocycles. The third kappa shape index (κ3) is 9.94. The number of carbonyl (C=O) groups is 3. The summed E-state index contributed by atoms with van der Waals surface area (Å²) in [5, 5.41) is 11.7. The number of alkyl halides is 3. The number of rotatable bonds is 13. The maximum atomic E-state index is 13.5. The van der Waals surface area contributed by atoms with Crippen LogP contribution in [0.15, 0.2) is 127 Å². The summed E-state index contributed by atoms with van der Waals surface area (Å²) in [6.45, 7) is -0.0295. The van der Waals surface area contributed by atoms with Gasteiger partial charge in [-0.2, -0.15) is 13.2 Å². The van der Waals surface area contributed by atoms with Gasteiger partial charge in [-0.05, 0) is 89.5 Å². The lowest BCUT2D eigenvalue weighted by Crippen LogP contribution is -2.30. The molecular weight excluding hydrogens is 637 g/mol. The molecule has 0 saturated heterocycles. The number of aliphatic carboxylic acids is 1. The predicted octanol–water partition coefficient (Wildman–Crippen LogP) is 7.73. The fourth-order valence-electron chi connectivity index (χ4n) is 4.81. The highest BCUT2D eigenvalue weighted by Gasteiger charge is 2.30. The molecule has 2 N–H and O–H groups in total. The van der Waals surface area contributed by atoms with Crippen LogP contribution >= 0.6 is 0 Å². The van der Waals surface area contributed by atoms with Crippen molar-refractivity contribution in [3.8, 4) is 17.2 Å². The number of nitrogens with zero attached hydrogens (tertiary/aromatic N) is 1. The minimum Gasteiger partial charge on any atom is -0.482 e. The van der Waals surface area contributed by atoms with Crippen LogP contribution < -0.4 is 14.8 Å². The molecule has 5 aromatic carbocycles. The summed E-state index contributed by atoms with van der Waals surface area (Å²) in [5.74, 6) is -0.195. The molecule has 5 aromatic rings. The maximum absolute atomic E-state index is 13.5. The van der Waals surface area contributed by atoms with Crippen LogP contribution in [0, 0.1) is 0 Å². The molecule has 5 rings (SSSR count). The monoisotopic (exact) mass is 668 g/mol. The number of para-hydroxylation sites is 1. The number of hydrogen-bond acceptors (Lipinski definition) is 5. The molecule has 0 saturated carbocycles. The van der Waals surface area contributed by atoms with Crippen molar-refractivity contribution in [3.05, 3.63) is 161 Å². The first-order valence-corrected chi connectivity index (χ1v) is 15.1. The first-order chi connectivity index (χ1) is 23.5. The Morgan fingerprint density at radius 1 is 0.633 bits per heavy atom. The zero-order chi connectivity index (χ0) is 34.8. The van der Waals surface area contributed by atoms with Crippen molar-refractivity contribution in [2.45, 2.75) is 25.8 Å². The molecule has 0 aliphatic heterocycles. The molecule has 0 fully saturated rings. The smallest absolute Gasteiger partial charge is 0.416 e. The number of ether oxygens (including phenoxy) is 2. The van der Waals surface area contributed by atoms with Gasteiger partial charge in [-0.1, -0.05) is 54.6 Å². The molecule has 0 aliphatic rings. The first kappa shape index (κ1) is 34.2. The highest BCUT2D eigenvalue weighted by molar-refractivity contribution is 5.95. The summed E-state index contributed by atoms with van der Waals surface area (Å²) in [4.78, 5) is 38.7. The molecule has 0 atom stereocenters. The van der Waals surface area contributed by atoms with E-state index in [0.29, 0.717) is 34.7 Å². The van der Waals surface area contributed by atoms with Crippen molar-refractivity contribution < 1.29 is 42.1 Å². The lowest BCUT2D eigenvalue weighted by Gasteiger charge is -2.24. The van der Waals surface area contributed by atoms with Crippen LogP contribution in [0.5, 0.6) is 17.2 Å². The average molecular weight is 669 g/mol. The number of benzene rings is 5. The third-order valence-electron chi connectivity index (χ3n) is 7.35. The van der Waals surface area contributed by atoms with E-state index in [0.717, 1.165) is 35.6 Å². The molecule has 49 heavy (non-hydrogen) atoms. The number of amides is 2. The van der Waals surface area contributed by atoms with Gasteiger partial charge in [-0.3, -0.25) is 9.59 Å². The Bertz CT molecular complexity index is 1860. The third-order valence-corrected chi connectivity index (χ3v) is 7.35. The first-order valence-electron chi connectivity index (χ1n) is 15.1. The predicted molar refractivity (Wildman–Crippen MR) is 175 cm³/mol. The van der Waals surface area contributed by atoms with E-state index in [9.17, 15) is 27.6 Å². The second-order valence-corrected chi connectivity index (χ2v) is 11.0. The molecule has 11 heteroatoms. The summed E-state index contributed by atoms with van der Waals surface area (Å²) in [6, 6.07) is 33.9. The van der Waals surface area contributed by atoms with Gasteiger partial charge in [0.25, 0.3) is 11.8 Å². The molecule has 0 radical (unpaired) electrons. The van der Waals surface area contributed by atoms with Crippen molar-refractivity contribution in [1.82, 2.24) is 10.2 Å². The van der Waals surface area contributed by atoms with Gasteiger partial charge >= 0.3 is 12.1 Å². The van der Waals surface area contributed by atoms with Crippen LogP contribution in [-0.4, -0.2) is 34.4 Å². The van der Waals surface area contributed by atoms with E-state index in [1.807, 2.05) is 54.6 Å². The summed E-state index contributed by atoms with van der Waals surface area (Å²) in [7, 11) is 0. The fourth-order valence-corrected chi connectivity index (χ4v) is 4.81. The Balaban J connectivity index is 1.24. The van der Waals surface area contributed by atoms with E-state index >= 15 is 0 Å². The molecule has 2 amide bonds. The fraction of sp³-hybridized carbons (Fsp3) is 0.132. The van der Waals surface area contributed by atoms with E-state index in [1.54, 1.807) is 48.5 Å². The quantitative estimate of drug-likeness (QED) is 0.133. The van der Waals surface area contributed by atoms with Crippen LogP contribution in [0.4, 0.5) is 13.2 Å². The van der Waals surface area contributed by atoms with Crippen LogP contribution in [0.25, 0.3) is 0 Å². The van der Waals surface area contributed by atoms with Gasteiger partial charge in [0.15, 0.2) is 6.61 Å². The highest BCUT2D eigenvalue weighted by Crippen LogP contribution is 2.29. The molecule has 0 aliphatic carbocycles. The molecule has 250 valence electrons. The second kappa shape index (κ2) is 15.7. The summed E-state index contributed by atoms with van der Waals surface area (Å²) in [5.41, 5.74) is 1.86. The minimum atomic E-state index is -4.54. The number of carbonyl (C=O) groups excluding carboxylic acids is 2. The lowest BCUT2D eigenvalue weighted by atomic mass is 10.1. The van der Waals surface area contributed by atoms with Crippen LogP contribution in [0.2, 0.25) is 0 Å². The second-order valence-electron chi connectivity index (χ2n) is 11.0. The molecule has 0 bridgehead atoms. The highest BCUT2D eigenvalue weighted by atomic mass is 19.4. The lowest BCUT2D eigenvalue weighted by molar-refractivity contribution is -0.139. The van der Waals surface area contributed by atoms with Crippen LogP contribution in [-0.2, 0) is 30.6 Å². The van der Waals surface area contributed by atoms with Gasteiger partial charge in [0.1, 0.15) is 17.2 Å². The van der Waals surface area contributed by atoms with Crippen molar-refractivity contribution >= 4 is 17.8 Å². The Labute approximate surface area is 280 Å². The van der Waals surface area contributed by atoms with E-state index < -0.39 is 30.2 Å². The number of carboxylic acid groups (broad SMARTS) is 1. The zero-order valence-corrected chi connectivity index (χ0v) is 26.0. The Morgan fingerprint density at radius 2 is 1.14 bits per heavy atom. The van der Waals surface area contributed by atoms with E-state index in [-0.39, 0.29) is 24.6 Å². The largest absolute Gasteiger partial charge is 0.482 e. The summed E-state index contributed by atoms with van der Waals surface area (Å²) < 4.78 is 50.3. The van der Waals surface area contributed by atoms with Gasteiger partial charge in [0.05, 0.1) is 5.56 Å².